The lowest BCUT2D eigenvalue weighted by Gasteiger charge is -2.29. The number of hydrogen-bond acceptors (Lipinski definition) is 5. The summed E-state index contributed by atoms with van der Waals surface area (Å²) < 4.78 is 7.97. The van der Waals surface area contributed by atoms with E-state index in [-0.39, 0.29) is 12.1 Å². The van der Waals surface area contributed by atoms with Crippen molar-refractivity contribution in [3.8, 4) is 5.75 Å². The monoisotopic (exact) mass is 304 g/mol. The molecule has 0 radical (unpaired) electrons. The molecule has 6 heteroatoms. The fourth-order valence-corrected chi connectivity index (χ4v) is 3.53. The third-order valence-corrected chi connectivity index (χ3v) is 4.70. The molecule has 2 aromatic rings. The van der Waals surface area contributed by atoms with E-state index in [9.17, 15) is 0 Å². The van der Waals surface area contributed by atoms with Crippen LogP contribution in [0.2, 0.25) is 0 Å². The number of fused-ring (bicyclic) bond motifs is 1. The molecular weight excluding hydrogens is 284 g/mol. The second-order valence-corrected chi connectivity index (χ2v) is 6.24. The normalized spacial score (nSPS) is 18.9. The van der Waals surface area contributed by atoms with Crippen LogP contribution < -0.4 is 10.5 Å². The average molecular weight is 304 g/mol. The molecule has 2 N–H and O–H groups in total. The smallest absolute Gasteiger partial charge is 0.138 e. The topological polar surface area (TPSA) is 66.0 Å². The summed E-state index contributed by atoms with van der Waals surface area (Å²) >= 11 is 1.80. The van der Waals surface area contributed by atoms with Gasteiger partial charge in [0.05, 0.1) is 0 Å². The van der Waals surface area contributed by atoms with Crippen LogP contribution in [0.1, 0.15) is 19.2 Å². The van der Waals surface area contributed by atoms with Crippen molar-refractivity contribution in [2.75, 3.05) is 5.75 Å². The maximum absolute atomic E-state index is 6.34. The number of thioether (sulfide) groups is 1. The molecule has 1 aliphatic heterocycles. The van der Waals surface area contributed by atoms with E-state index in [0.717, 1.165) is 30.3 Å². The molecule has 2 atom stereocenters. The van der Waals surface area contributed by atoms with Gasteiger partial charge >= 0.3 is 0 Å². The molecule has 2 heterocycles. The van der Waals surface area contributed by atoms with Crippen molar-refractivity contribution >= 4 is 11.8 Å². The van der Waals surface area contributed by atoms with Crippen LogP contribution in [-0.4, -0.2) is 32.7 Å². The van der Waals surface area contributed by atoms with Crippen LogP contribution in [0.15, 0.2) is 35.5 Å². The van der Waals surface area contributed by atoms with Gasteiger partial charge in [0, 0.05) is 29.7 Å². The molecule has 0 fully saturated rings. The van der Waals surface area contributed by atoms with E-state index in [1.807, 2.05) is 22.9 Å². The van der Waals surface area contributed by atoms with Crippen LogP contribution in [0.4, 0.5) is 0 Å². The number of rotatable bonds is 5. The van der Waals surface area contributed by atoms with Crippen LogP contribution >= 0.6 is 11.8 Å². The molecular formula is C15H20N4OS. The summed E-state index contributed by atoms with van der Waals surface area (Å²) in [5, 5.41) is 4.24. The summed E-state index contributed by atoms with van der Waals surface area (Å²) in [5.74, 6) is 2.75. The number of benzene rings is 1. The van der Waals surface area contributed by atoms with Crippen LogP contribution in [0.25, 0.3) is 0 Å². The van der Waals surface area contributed by atoms with Crippen molar-refractivity contribution in [3.05, 3.63) is 36.4 Å². The van der Waals surface area contributed by atoms with Gasteiger partial charge in [-0.05, 0) is 18.6 Å². The Kier molecular flexibility index (Phi) is 4.45. The molecule has 21 heavy (non-hydrogen) atoms. The van der Waals surface area contributed by atoms with Crippen molar-refractivity contribution in [2.24, 2.45) is 5.73 Å². The van der Waals surface area contributed by atoms with E-state index in [0.29, 0.717) is 6.42 Å². The van der Waals surface area contributed by atoms with Gasteiger partial charge in [0.1, 0.15) is 24.0 Å². The van der Waals surface area contributed by atoms with Gasteiger partial charge in [0.15, 0.2) is 0 Å². The average Bonchev–Trinajstić information content (AvgIpc) is 2.94. The first-order chi connectivity index (χ1) is 10.3. The Labute approximate surface area is 128 Å². The summed E-state index contributed by atoms with van der Waals surface area (Å²) in [4.78, 5) is 5.51. The Hall–Kier alpha value is -1.53. The van der Waals surface area contributed by atoms with Gasteiger partial charge in [-0.3, -0.25) is 4.68 Å². The Bertz CT molecular complexity index is 601. The SMILES string of the molecule is CCCn1ncnc1CC(N)C1CSc2ccccc2O1. The van der Waals surface area contributed by atoms with E-state index >= 15 is 0 Å². The van der Waals surface area contributed by atoms with Crippen LogP contribution in [0, 0.1) is 0 Å². The van der Waals surface area contributed by atoms with Crippen LogP contribution in [-0.2, 0) is 13.0 Å². The lowest BCUT2D eigenvalue weighted by atomic mass is 10.1. The Balaban J connectivity index is 1.66. The zero-order valence-electron chi connectivity index (χ0n) is 12.1. The number of nitrogens with zero attached hydrogens (tertiary/aromatic N) is 3. The second kappa shape index (κ2) is 6.49. The van der Waals surface area contributed by atoms with Crippen molar-refractivity contribution in [1.29, 1.82) is 0 Å². The first-order valence-corrected chi connectivity index (χ1v) is 8.27. The third kappa shape index (κ3) is 3.22. The highest BCUT2D eigenvalue weighted by Crippen LogP contribution is 2.35. The maximum Gasteiger partial charge on any atom is 0.138 e. The molecule has 0 spiro atoms. The standard InChI is InChI=1S/C15H20N4OS/c1-2-7-19-15(17-10-18-19)8-11(16)13-9-21-14-6-4-3-5-12(14)20-13/h3-6,10-11,13H,2,7-9,16H2,1H3. The molecule has 1 aromatic carbocycles. The summed E-state index contributed by atoms with van der Waals surface area (Å²) in [7, 11) is 0. The van der Waals surface area contributed by atoms with E-state index in [1.54, 1.807) is 18.1 Å². The van der Waals surface area contributed by atoms with E-state index in [1.165, 1.54) is 4.90 Å². The Morgan fingerprint density at radius 1 is 1.48 bits per heavy atom. The molecule has 112 valence electrons. The minimum absolute atomic E-state index is 0.0108. The van der Waals surface area contributed by atoms with Crippen molar-refractivity contribution in [1.82, 2.24) is 14.8 Å². The maximum atomic E-state index is 6.34. The second-order valence-electron chi connectivity index (χ2n) is 5.18. The Morgan fingerprint density at radius 2 is 2.33 bits per heavy atom. The molecule has 0 saturated heterocycles. The Morgan fingerprint density at radius 3 is 3.19 bits per heavy atom. The van der Waals surface area contributed by atoms with Gasteiger partial charge in [0.25, 0.3) is 0 Å². The molecule has 0 amide bonds. The van der Waals surface area contributed by atoms with E-state index in [2.05, 4.69) is 23.1 Å². The quantitative estimate of drug-likeness (QED) is 0.916. The molecule has 1 aliphatic rings. The largest absolute Gasteiger partial charge is 0.487 e. The summed E-state index contributed by atoms with van der Waals surface area (Å²) in [6.45, 7) is 3.01. The molecule has 0 bridgehead atoms. The number of aryl methyl sites for hydroxylation is 1. The molecule has 0 aliphatic carbocycles. The third-order valence-electron chi connectivity index (χ3n) is 3.56. The van der Waals surface area contributed by atoms with Gasteiger partial charge in [0.2, 0.25) is 0 Å². The predicted octanol–water partition coefficient (Wildman–Crippen LogP) is 2.11. The van der Waals surface area contributed by atoms with Gasteiger partial charge in [-0.15, -0.1) is 11.8 Å². The van der Waals surface area contributed by atoms with Gasteiger partial charge in [-0.1, -0.05) is 19.1 Å². The first kappa shape index (κ1) is 14.4. The molecule has 2 unspecified atom stereocenters. The zero-order valence-corrected chi connectivity index (χ0v) is 12.9. The minimum atomic E-state index is -0.0781. The highest BCUT2D eigenvalue weighted by atomic mass is 32.2. The summed E-state index contributed by atoms with van der Waals surface area (Å²) in [6.07, 6.45) is 3.34. The van der Waals surface area contributed by atoms with Gasteiger partial charge in [-0.25, -0.2) is 4.98 Å². The highest BCUT2D eigenvalue weighted by molar-refractivity contribution is 7.99. The lowest BCUT2D eigenvalue weighted by molar-refractivity contribution is 0.182. The van der Waals surface area contributed by atoms with Crippen molar-refractivity contribution in [2.45, 2.75) is 43.4 Å². The van der Waals surface area contributed by atoms with Crippen molar-refractivity contribution < 1.29 is 4.74 Å². The minimum Gasteiger partial charge on any atom is -0.487 e. The van der Waals surface area contributed by atoms with Crippen molar-refractivity contribution in [3.63, 3.8) is 0 Å². The summed E-state index contributed by atoms with van der Waals surface area (Å²) in [6, 6.07) is 8.03. The fraction of sp³-hybridized carbons (Fsp3) is 0.467. The number of hydrogen-bond donors (Lipinski definition) is 1. The molecule has 5 nitrogen and oxygen atoms in total. The highest BCUT2D eigenvalue weighted by Gasteiger charge is 2.26. The number of para-hydroxylation sites is 1. The van der Waals surface area contributed by atoms with E-state index in [4.69, 9.17) is 10.5 Å². The van der Waals surface area contributed by atoms with E-state index < -0.39 is 0 Å². The predicted molar refractivity (Wildman–Crippen MR) is 83.6 cm³/mol. The molecule has 0 saturated carbocycles. The number of ether oxygens (including phenoxy) is 1. The summed E-state index contributed by atoms with van der Waals surface area (Å²) in [5.41, 5.74) is 6.34. The fourth-order valence-electron chi connectivity index (χ4n) is 2.43. The van der Waals surface area contributed by atoms with Crippen LogP contribution in [0.5, 0.6) is 5.75 Å². The molecule has 1 aromatic heterocycles. The zero-order chi connectivity index (χ0) is 14.7. The molecule has 3 rings (SSSR count). The number of nitrogens with two attached hydrogens (primary N) is 1. The number of aromatic nitrogens is 3. The van der Waals surface area contributed by atoms with Gasteiger partial charge in [-0.2, -0.15) is 5.10 Å². The van der Waals surface area contributed by atoms with Crippen LogP contribution in [0.3, 0.4) is 0 Å². The van der Waals surface area contributed by atoms with Gasteiger partial charge < -0.3 is 10.5 Å². The first-order valence-electron chi connectivity index (χ1n) is 7.28. The lowest BCUT2D eigenvalue weighted by Crippen LogP contribution is -2.44.